The van der Waals surface area contributed by atoms with Gasteiger partial charge in [0.2, 0.25) is 0 Å². The first-order valence-corrected chi connectivity index (χ1v) is 10.2. The van der Waals surface area contributed by atoms with Gasteiger partial charge < -0.3 is 4.57 Å². The molecule has 5 heteroatoms. The van der Waals surface area contributed by atoms with Crippen molar-refractivity contribution in [3.05, 3.63) is 76.6 Å². The Labute approximate surface area is 164 Å². The number of benzene rings is 2. The Balaban J connectivity index is 1.71. The molecule has 27 heavy (non-hydrogen) atoms. The highest BCUT2D eigenvalue weighted by Crippen LogP contribution is 2.43. The zero-order valence-electron chi connectivity index (χ0n) is 15.8. The Hall–Kier alpha value is -2.40. The maximum absolute atomic E-state index is 13.4. The highest BCUT2D eigenvalue weighted by Gasteiger charge is 2.31. The van der Waals surface area contributed by atoms with E-state index in [0.717, 1.165) is 40.5 Å². The highest BCUT2D eigenvalue weighted by molar-refractivity contribution is 8.00. The van der Waals surface area contributed by atoms with Crippen LogP contribution in [0.25, 0.3) is 0 Å². The summed E-state index contributed by atoms with van der Waals surface area (Å²) in [6, 6.07) is 16.5. The van der Waals surface area contributed by atoms with Gasteiger partial charge in [0, 0.05) is 11.6 Å². The van der Waals surface area contributed by atoms with Crippen LogP contribution in [-0.2, 0) is 0 Å². The molecule has 0 saturated heterocycles. The molecule has 1 heterocycles. The van der Waals surface area contributed by atoms with Crippen molar-refractivity contribution in [1.82, 2.24) is 14.8 Å². The van der Waals surface area contributed by atoms with Gasteiger partial charge in [0.1, 0.15) is 11.1 Å². The second-order valence-corrected chi connectivity index (χ2v) is 8.34. The van der Waals surface area contributed by atoms with Crippen LogP contribution in [0.1, 0.15) is 57.0 Å². The summed E-state index contributed by atoms with van der Waals surface area (Å²) in [5.41, 5.74) is 4.06. The minimum absolute atomic E-state index is 0.104. The van der Waals surface area contributed by atoms with Gasteiger partial charge >= 0.3 is 0 Å². The maximum atomic E-state index is 13.4. The molecule has 0 amide bonds. The lowest BCUT2D eigenvalue weighted by Crippen LogP contribution is -2.11. The normalized spacial score (nSPS) is 14.9. The summed E-state index contributed by atoms with van der Waals surface area (Å²) in [5.74, 6) is 1.03. The van der Waals surface area contributed by atoms with Gasteiger partial charge in [0.05, 0.1) is 0 Å². The van der Waals surface area contributed by atoms with Crippen LogP contribution in [0.2, 0.25) is 0 Å². The molecule has 0 aliphatic heterocycles. The molecule has 0 radical (unpaired) electrons. The number of hydrogen-bond donors (Lipinski definition) is 0. The van der Waals surface area contributed by atoms with E-state index in [0.29, 0.717) is 6.04 Å². The first-order valence-electron chi connectivity index (χ1n) is 9.28. The molecule has 1 aromatic heterocycles. The largest absolute Gasteiger partial charge is 0.303 e. The van der Waals surface area contributed by atoms with Crippen LogP contribution in [0.4, 0.5) is 0 Å². The lowest BCUT2D eigenvalue weighted by Gasteiger charge is -2.17. The predicted octanol–water partition coefficient (Wildman–Crippen LogP) is 5.25. The molecular weight excluding hydrogens is 354 g/mol. The van der Waals surface area contributed by atoms with Crippen LogP contribution in [-0.4, -0.2) is 20.5 Å². The number of carbonyl (C=O) groups is 1. The fourth-order valence-electron chi connectivity index (χ4n) is 3.17. The van der Waals surface area contributed by atoms with Crippen LogP contribution in [0.15, 0.2) is 53.7 Å². The van der Waals surface area contributed by atoms with Gasteiger partial charge in [-0.3, -0.25) is 4.79 Å². The molecular formula is C22H23N3OS. The monoisotopic (exact) mass is 377 g/mol. The Morgan fingerprint density at radius 1 is 0.963 bits per heavy atom. The van der Waals surface area contributed by atoms with Crippen molar-refractivity contribution in [2.24, 2.45) is 0 Å². The minimum Gasteiger partial charge on any atom is -0.303 e. The van der Waals surface area contributed by atoms with Gasteiger partial charge in [-0.15, -0.1) is 10.2 Å². The Morgan fingerprint density at radius 3 is 2.15 bits per heavy atom. The summed E-state index contributed by atoms with van der Waals surface area (Å²) in [6.07, 6.45) is 2.32. The average molecular weight is 378 g/mol. The average Bonchev–Trinajstić information content (AvgIpc) is 3.43. The zero-order valence-corrected chi connectivity index (χ0v) is 16.7. The summed E-state index contributed by atoms with van der Waals surface area (Å²) in [5, 5.41) is 9.13. The SMILES string of the molecule is Cc1ccc(C(=O)[C@@H](Sc2nnc(C)n2C2CC2)c2ccc(C)cc2)cc1. The van der Waals surface area contributed by atoms with Crippen molar-refractivity contribution >= 4 is 17.5 Å². The van der Waals surface area contributed by atoms with Crippen molar-refractivity contribution < 1.29 is 4.79 Å². The van der Waals surface area contributed by atoms with Crippen molar-refractivity contribution in [3.8, 4) is 0 Å². The van der Waals surface area contributed by atoms with E-state index in [2.05, 4.69) is 33.8 Å². The number of thioether (sulfide) groups is 1. The standard InChI is InChI=1S/C22H23N3OS/c1-14-4-8-17(9-5-14)20(26)21(18-10-6-15(2)7-11-18)27-22-24-23-16(3)25(22)19-12-13-19/h4-11,19,21H,12-13H2,1-3H3/t21-/m0/s1. The van der Waals surface area contributed by atoms with Crippen molar-refractivity contribution in [2.45, 2.75) is 50.1 Å². The highest BCUT2D eigenvalue weighted by atomic mass is 32.2. The summed E-state index contributed by atoms with van der Waals surface area (Å²) >= 11 is 1.51. The lowest BCUT2D eigenvalue weighted by molar-refractivity contribution is 0.0989. The molecule has 2 aromatic carbocycles. The van der Waals surface area contributed by atoms with Crippen molar-refractivity contribution in [3.63, 3.8) is 0 Å². The number of rotatable bonds is 6. The minimum atomic E-state index is -0.339. The van der Waals surface area contributed by atoms with Crippen LogP contribution in [0.5, 0.6) is 0 Å². The van der Waals surface area contributed by atoms with Crippen molar-refractivity contribution in [2.75, 3.05) is 0 Å². The molecule has 0 spiro atoms. The molecule has 1 aliphatic carbocycles. The van der Waals surface area contributed by atoms with E-state index in [4.69, 9.17) is 0 Å². The van der Waals surface area contributed by atoms with Crippen LogP contribution in [0, 0.1) is 20.8 Å². The smallest absolute Gasteiger partial charge is 0.192 e. The van der Waals surface area contributed by atoms with Gasteiger partial charge in [-0.2, -0.15) is 0 Å². The predicted molar refractivity (Wildman–Crippen MR) is 108 cm³/mol. The van der Waals surface area contributed by atoms with Gasteiger partial charge in [-0.25, -0.2) is 0 Å². The molecule has 4 nitrogen and oxygen atoms in total. The molecule has 1 fully saturated rings. The third-order valence-corrected chi connectivity index (χ3v) is 6.14. The maximum Gasteiger partial charge on any atom is 0.192 e. The molecule has 1 saturated carbocycles. The third kappa shape index (κ3) is 3.83. The molecule has 0 bridgehead atoms. The Bertz CT molecular complexity index is 956. The molecule has 4 rings (SSSR count). The quantitative estimate of drug-likeness (QED) is 0.434. The number of carbonyl (C=O) groups excluding carboxylic acids is 1. The van der Waals surface area contributed by atoms with Gasteiger partial charge in [0.15, 0.2) is 10.9 Å². The number of hydrogen-bond acceptors (Lipinski definition) is 4. The first kappa shape index (κ1) is 18.0. The number of ketones is 1. The fourth-order valence-corrected chi connectivity index (χ4v) is 4.40. The van der Waals surface area contributed by atoms with E-state index < -0.39 is 0 Å². The number of Topliss-reactive ketones (excluding diaryl/α,β-unsaturated/α-hetero) is 1. The van der Waals surface area contributed by atoms with Crippen LogP contribution < -0.4 is 0 Å². The second-order valence-electron chi connectivity index (χ2n) is 7.27. The Kier molecular flexibility index (Phi) is 4.87. The number of aromatic nitrogens is 3. The van der Waals surface area contributed by atoms with E-state index in [-0.39, 0.29) is 11.0 Å². The zero-order chi connectivity index (χ0) is 19.0. The molecule has 3 aromatic rings. The Morgan fingerprint density at radius 2 is 1.56 bits per heavy atom. The van der Waals surface area contributed by atoms with Crippen LogP contribution >= 0.6 is 11.8 Å². The lowest BCUT2D eigenvalue weighted by atomic mass is 10.0. The van der Waals surface area contributed by atoms with Gasteiger partial charge in [-0.05, 0) is 39.2 Å². The molecule has 1 aliphatic rings. The van der Waals surface area contributed by atoms with Crippen LogP contribution in [0.3, 0.4) is 0 Å². The van der Waals surface area contributed by atoms with E-state index in [9.17, 15) is 4.79 Å². The van der Waals surface area contributed by atoms with E-state index >= 15 is 0 Å². The molecule has 1 atom stereocenters. The van der Waals surface area contributed by atoms with Crippen molar-refractivity contribution in [1.29, 1.82) is 0 Å². The summed E-state index contributed by atoms with van der Waals surface area (Å²) < 4.78 is 2.19. The summed E-state index contributed by atoms with van der Waals surface area (Å²) in [7, 11) is 0. The summed E-state index contributed by atoms with van der Waals surface area (Å²) in [4.78, 5) is 13.4. The topological polar surface area (TPSA) is 47.8 Å². The molecule has 0 unspecified atom stereocenters. The third-order valence-electron chi connectivity index (χ3n) is 4.92. The second kappa shape index (κ2) is 7.31. The summed E-state index contributed by atoms with van der Waals surface area (Å²) in [6.45, 7) is 6.07. The molecule has 0 N–H and O–H groups in total. The number of nitrogens with zero attached hydrogens (tertiary/aromatic N) is 3. The number of aryl methyl sites for hydroxylation is 3. The first-order chi connectivity index (χ1) is 13.0. The molecule has 138 valence electrons. The fraction of sp³-hybridized carbons (Fsp3) is 0.318. The van der Waals surface area contributed by atoms with E-state index in [1.807, 2.05) is 50.2 Å². The van der Waals surface area contributed by atoms with Gasteiger partial charge in [-0.1, -0.05) is 71.4 Å². The van der Waals surface area contributed by atoms with E-state index in [1.165, 1.54) is 17.3 Å². The van der Waals surface area contributed by atoms with Gasteiger partial charge in [0.25, 0.3) is 0 Å². The van der Waals surface area contributed by atoms with E-state index in [1.54, 1.807) is 0 Å².